The molecular formula is C14H23N3O. The fourth-order valence-corrected chi connectivity index (χ4v) is 2.82. The van der Waals surface area contributed by atoms with Gasteiger partial charge >= 0.3 is 0 Å². The van der Waals surface area contributed by atoms with Crippen molar-refractivity contribution in [2.75, 3.05) is 6.54 Å². The van der Waals surface area contributed by atoms with Gasteiger partial charge in [0.1, 0.15) is 5.84 Å². The van der Waals surface area contributed by atoms with Gasteiger partial charge in [0.05, 0.1) is 5.41 Å². The van der Waals surface area contributed by atoms with E-state index in [1.54, 1.807) is 4.90 Å². The monoisotopic (exact) mass is 249 g/mol. The van der Waals surface area contributed by atoms with Crippen molar-refractivity contribution in [1.82, 2.24) is 4.90 Å². The van der Waals surface area contributed by atoms with Crippen LogP contribution in [0, 0.1) is 16.7 Å². The highest BCUT2D eigenvalue weighted by atomic mass is 16.2. The highest BCUT2D eigenvalue weighted by Crippen LogP contribution is 2.57. The molecule has 1 aliphatic carbocycles. The van der Waals surface area contributed by atoms with E-state index in [1.807, 2.05) is 0 Å². The summed E-state index contributed by atoms with van der Waals surface area (Å²) in [7, 11) is 0. The molecule has 0 bridgehead atoms. The molecule has 4 heteroatoms. The van der Waals surface area contributed by atoms with E-state index in [1.165, 1.54) is 19.0 Å². The number of carbonyl (C=O) groups is 1. The molecule has 2 fully saturated rings. The second kappa shape index (κ2) is 4.75. The Hall–Kier alpha value is -1.32. The summed E-state index contributed by atoms with van der Waals surface area (Å²) in [6, 6.07) is 0. The van der Waals surface area contributed by atoms with Gasteiger partial charge in [-0.1, -0.05) is 26.7 Å². The highest BCUT2D eigenvalue weighted by molar-refractivity contribution is 6.19. The van der Waals surface area contributed by atoms with Crippen molar-refractivity contribution in [1.29, 1.82) is 5.41 Å². The number of likely N-dealkylation sites (tertiary alicyclic amines) is 1. The Morgan fingerprint density at radius 2 is 2.22 bits per heavy atom. The maximum Gasteiger partial charge on any atom is 0.239 e. The van der Waals surface area contributed by atoms with Crippen molar-refractivity contribution < 1.29 is 4.79 Å². The first kappa shape index (κ1) is 13.1. The maximum absolute atomic E-state index is 12.4. The fourth-order valence-electron chi connectivity index (χ4n) is 2.82. The molecule has 18 heavy (non-hydrogen) atoms. The summed E-state index contributed by atoms with van der Waals surface area (Å²) in [5.41, 5.74) is 5.93. The summed E-state index contributed by atoms with van der Waals surface area (Å²) in [6.45, 7) is 4.99. The van der Waals surface area contributed by atoms with Crippen LogP contribution in [0.15, 0.2) is 11.8 Å². The maximum atomic E-state index is 12.4. The van der Waals surface area contributed by atoms with Gasteiger partial charge in [0.2, 0.25) is 5.91 Å². The number of nitrogens with two attached hydrogens (primary N) is 1. The predicted molar refractivity (Wildman–Crippen MR) is 72.1 cm³/mol. The average Bonchev–Trinajstić information content (AvgIpc) is 3.11. The lowest BCUT2D eigenvalue weighted by atomic mass is 10.00. The normalized spacial score (nSPS) is 25.2. The molecule has 0 radical (unpaired) electrons. The third kappa shape index (κ3) is 1.93. The number of unbranched alkanes of at least 4 members (excludes halogenated alkanes) is 1. The fraction of sp³-hybridized carbons (Fsp3) is 0.714. The van der Waals surface area contributed by atoms with Crippen molar-refractivity contribution >= 4 is 11.7 Å². The van der Waals surface area contributed by atoms with Gasteiger partial charge in [-0.05, 0) is 25.2 Å². The van der Waals surface area contributed by atoms with Crippen LogP contribution in [-0.2, 0) is 4.79 Å². The van der Waals surface area contributed by atoms with E-state index in [-0.39, 0.29) is 5.91 Å². The molecule has 1 amide bonds. The molecule has 1 aliphatic heterocycles. The van der Waals surface area contributed by atoms with Crippen molar-refractivity contribution in [3.8, 4) is 0 Å². The van der Waals surface area contributed by atoms with Gasteiger partial charge in [-0.3, -0.25) is 15.1 Å². The number of hydrogen-bond donors (Lipinski definition) is 2. The Morgan fingerprint density at radius 3 is 2.67 bits per heavy atom. The number of rotatable bonds is 5. The summed E-state index contributed by atoms with van der Waals surface area (Å²) < 4.78 is 0. The summed E-state index contributed by atoms with van der Waals surface area (Å²) in [4.78, 5) is 14.0. The molecule has 3 N–H and O–H groups in total. The molecule has 1 spiro atoms. The number of amides is 1. The average molecular weight is 249 g/mol. The number of nitrogens with one attached hydrogen (secondary N) is 1. The minimum atomic E-state index is -0.406. The van der Waals surface area contributed by atoms with Gasteiger partial charge in [-0.15, -0.1) is 0 Å². The van der Waals surface area contributed by atoms with Crippen molar-refractivity contribution in [3.05, 3.63) is 11.8 Å². The van der Waals surface area contributed by atoms with Crippen LogP contribution in [0.1, 0.15) is 46.0 Å². The minimum absolute atomic E-state index is 0.104. The van der Waals surface area contributed by atoms with Crippen LogP contribution in [0.4, 0.5) is 0 Å². The first-order valence-corrected chi connectivity index (χ1v) is 6.90. The van der Waals surface area contributed by atoms with Gasteiger partial charge in [0.25, 0.3) is 0 Å². The predicted octanol–water partition coefficient (Wildman–Crippen LogP) is 2.25. The second-order valence-corrected chi connectivity index (χ2v) is 5.67. The number of nitrogens with zero attached hydrogens (tertiary/aromatic N) is 1. The third-order valence-electron chi connectivity index (χ3n) is 4.16. The van der Waals surface area contributed by atoms with Gasteiger partial charge in [-0.25, -0.2) is 0 Å². The van der Waals surface area contributed by atoms with Crippen molar-refractivity contribution in [3.63, 3.8) is 0 Å². The van der Waals surface area contributed by atoms with E-state index < -0.39 is 5.41 Å². The lowest BCUT2D eigenvalue weighted by Gasteiger charge is -2.20. The van der Waals surface area contributed by atoms with Crippen molar-refractivity contribution in [2.45, 2.75) is 46.0 Å². The Morgan fingerprint density at radius 1 is 1.56 bits per heavy atom. The van der Waals surface area contributed by atoms with Gasteiger partial charge in [0, 0.05) is 18.3 Å². The SMILES string of the molecule is CCCCC(C)CN1C(=N)C(=CN)C2(CC2)C1=O. The highest BCUT2D eigenvalue weighted by Gasteiger charge is 2.61. The first-order valence-electron chi connectivity index (χ1n) is 6.90. The van der Waals surface area contributed by atoms with Crippen LogP contribution in [0.5, 0.6) is 0 Å². The Balaban J connectivity index is 2.06. The van der Waals surface area contributed by atoms with E-state index >= 15 is 0 Å². The smallest absolute Gasteiger partial charge is 0.239 e. The number of amidine groups is 1. The molecule has 1 saturated carbocycles. The van der Waals surface area contributed by atoms with E-state index in [0.29, 0.717) is 18.3 Å². The summed E-state index contributed by atoms with van der Waals surface area (Å²) in [6.07, 6.45) is 6.65. The zero-order valence-corrected chi connectivity index (χ0v) is 11.3. The number of carbonyl (C=O) groups excluding carboxylic acids is 1. The minimum Gasteiger partial charge on any atom is -0.404 e. The first-order chi connectivity index (χ1) is 8.56. The molecule has 2 rings (SSSR count). The number of hydrogen-bond acceptors (Lipinski definition) is 3. The molecule has 1 unspecified atom stereocenters. The van der Waals surface area contributed by atoms with Crippen LogP contribution < -0.4 is 5.73 Å². The molecule has 0 aromatic heterocycles. The molecule has 2 aliphatic rings. The van der Waals surface area contributed by atoms with Crippen LogP contribution in [0.2, 0.25) is 0 Å². The zero-order valence-electron chi connectivity index (χ0n) is 11.3. The topological polar surface area (TPSA) is 70.2 Å². The molecule has 1 heterocycles. The molecule has 0 aromatic carbocycles. The Labute approximate surface area is 109 Å². The van der Waals surface area contributed by atoms with E-state index in [2.05, 4.69) is 13.8 Å². The van der Waals surface area contributed by atoms with Crippen LogP contribution in [0.3, 0.4) is 0 Å². The van der Waals surface area contributed by atoms with Crippen LogP contribution in [0.25, 0.3) is 0 Å². The standard InChI is InChI=1S/C14H23N3O/c1-3-4-5-10(2)9-17-12(16)11(8-15)14(6-7-14)13(17)18/h8,10,16H,3-7,9,15H2,1-2H3. The Kier molecular flexibility index (Phi) is 3.46. The quantitative estimate of drug-likeness (QED) is 0.784. The Bertz CT molecular complexity index is 396. The molecule has 4 nitrogen and oxygen atoms in total. The van der Waals surface area contributed by atoms with E-state index in [9.17, 15) is 4.79 Å². The second-order valence-electron chi connectivity index (χ2n) is 5.67. The van der Waals surface area contributed by atoms with Gasteiger partial charge in [0.15, 0.2) is 0 Å². The van der Waals surface area contributed by atoms with Gasteiger partial charge in [-0.2, -0.15) is 0 Å². The summed E-state index contributed by atoms with van der Waals surface area (Å²) >= 11 is 0. The molecule has 1 atom stereocenters. The summed E-state index contributed by atoms with van der Waals surface area (Å²) in [5, 5.41) is 8.12. The third-order valence-corrected chi connectivity index (χ3v) is 4.16. The van der Waals surface area contributed by atoms with Crippen molar-refractivity contribution in [2.24, 2.45) is 17.1 Å². The summed E-state index contributed by atoms with van der Waals surface area (Å²) in [5.74, 6) is 0.887. The molecule has 1 saturated heterocycles. The molecule has 100 valence electrons. The molecule has 0 aromatic rings. The van der Waals surface area contributed by atoms with Crippen LogP contribution >= 0.6 is 0 Å². The largest absolute Gasteiger partial charge is 0.404 e. The molecular weight excluding hydrogens is 226 g/mol. The van der Waals surface area contributed by atoms with Gasteiger partial charge < -0.3 is 5.73 Å². The zero-order chi connectivity index (χ0) is 13.3. The van der Waals surface area contributed by atoms with E-state index in [0.717, 1.165) is 24.8 Å². The lowest BCUT2D eigenvalue weighted by molar-refractivity contribution is -0.130. The lowest BCUT2D eigenvalue weighted by Crippen LogP contribution is -2.34. The van der Waals surface area contributed by atoms with Crippen LogP contribution in [-0.4, -0.2) is 23.2 Å². The van der Waals surface area contributed by atoms with E-state index in [4.69, 9.17) is 11.1 Å².